The first kappa shape index (κ1) is 20.6. The summed E-state index contributed by atoms with van der Waals surface area (Å²) in [6.07, 6.45) is 0. The number of carbonyl (C=O) groups is 2. The number of nitriles is 1. The first-order valence-electron chi connectivity index (χ1n) is 8.97. The Morgan fingerprint density at radius 2 is 1.79 bits per heavy atom. The van der Waals surface area contributed by atoms with Gasteiger partial charge in [0.05, 0.1) is 27.8 Å². The molecule has 0 aliphatic rings. The molecular formula is C22H19N3O2S2. The van der Waals surface area contributed by atoms with Gasteiger partial charge in [0.25, 0.3) is 11.8 Å². The van der Waals surface area contributed by atoms with Crippen LogP contribution < -0.4 is 10.6 Å². The molecule has 2 amide bonds. The van der Waals surface area contributed by atoms with Crippen molar-refractivity contribution in [2.24, 2.45) is 0 Å². The molecule has 3 aromatic rings. The standard InChI is InChI=1S/C22H19N3O2S2/c23-14-16-6-1-2-7-17(16)15-28-13-11-24-21(26)18-8-3-4-9-19(18)25-22(27)20-10-5-12-29-20/h1-10,12H,11,13,15H2,(H,24,26)(H,25,27). The molecule has 0 atom stereocenters. The Bertz CT molecular complexity index is 1030. The Hall–Kier alpha value is -3.08. The molecule has 0 unspecified atom stereocenters. The van der Waals surface area contributed by atoms with Gasteiger partial charge in [0.2, 0.25) is 0 Å². The van der Waals surface area contributed by atoms with Gasteiger partial charge in [0, 0.05) is 18.1 Å². The van der Waals surface area contributed by atoms with Crippen molar-refractivity contribution < 1.29 is 9.59 Å². The molecule has 0 saturated carbocycles. The second kappa shape index (κ2) is 10.5. The van der Waals surface area contributed by atoms with Crippen LogP contribution in [-0.4, -0.2) is 24.1 Å². The Balaban J connectivity index is 1.51. The van der Waals surface area contributed by atoms with Gasteiger partial charge in [-0.15, -0.1) is 11.3 Å². The van der Waals surface area contributed by atoms with Crippen molar-refractivity contribution in [3.05, 3.63) is 87.6 Å². The Labute approximate surface area is 177 Å². The highest BCUT2D eigenvalue weighted by atomic mass is 32.2. The minimum atomic E-state index is -0.231. The molecule has 2 N–H and O–H groups in total. The molecule has 0 saturated heterocycles. The van der Waals surface area contributed by atoms with E-state index in [1.54, 1.807) is 48.2 Å². The van der Waals surface area contributed by atoms with E-state index in [2.05, 4.69) is 16.7 Å². The molecule has 0 aliphatic carbocycles. The van der Waals surface area contributed by atoms with Gasteiger partial charge in [0.1, 0.15) is 0 Å². The third kappa shape index (κ3) is 5.70. The number of hydrogen-bond donors (Lipinski definition) is 2. The van der Waals surface area contributed by atoms with Crippen molar-refractivity contribution in [3.63, 3.8) is 0 Å². The number of thiophene rings is 1. The summed E-state index contributed by atoms with van der Waals surface area (Å²) in [5, 5.41) is 16.6. The van der Waals surface area contributed by atoms with Gasteiger partial charge in [-0.25, -0.2) is 0 Å². The summed E-state index contributed by atoms with van der Waals surface area (Å²) in [6.45, 7) is 0.491. The van der Waals surface area contributed by atoms with Gasteiger partial charge in [-0.05, 0) is 35.2 Å². The summed E-state index contributed by atoms with van der Waals surface area (Å²) in [7, 11) is 0. The molecule has 146 valence electrons. The number of thioether (sulfide) groups is 1. The highest BCUT2D eigenvalue weighted by Crippen LogP contribution is 2.18. The van der Waals surface area contributed by atoms with E-state index in [1.165, 1.54) is 11.3 Å². The van der Waals surface area contributed by atoms with E-state index in [9.17, 15) is 9.59 Å². The predicted molar refractivity (Wildman–Crippen MR) is 118 cm³/mol. The fourth-order valence-corrected chi connectivity index (χ4v) is 4.13. The summed E-state index contributed by atoms with van der Waals surface area (Å²) in [4.78, 5) is 25.4. The summed E-state index contributed by atoms with van der Waals surface area (Å²) < 4.78 is 0. The topological polar surface area (TPSA) is 82.0 Å². The lowest BCUT2D eigenvalue weighted by Gasteiger charge is -2.11. The summed E-state index contributed by atoms with van der Waals surface area (Å²) in [5.74, 6) is 0.972. The first-order chi connectivity index (χ1) is 14.2. The Kier molecular flexibility index (Phi) is 7.45. The predicted octanol–water partition coefficient (Wildman–Crippen LogP) is 4.54. The second-order valence-electron chi connectivity index (χ2n) is 6.05. The fraction of sp³-hybridized carbons (Fsp3) is 0.136. The van der Waals surface area contributed by atoms with Crippen molar-refractivity contribution in [3.8, 4) is 6.07 Å². The van der Waals surface area contributed by atoms with Crippen molar-refractivity contribution in [2.45, 2.75) is 5.75 Å². The van der Waals surface area contributed by atoms with E-state index in [4.69, 9.17) is 5.26 Å². The third-order valence-electron chi connectivity index (χ3n) is 4.09. The normalized spacial score (nSPS) is 10.2. The van der Waals surface area contributed by atoms with Crippen LogP contribution in [0.4, 0.5) is 5.69 Å². The van der Waals surface area contributed by atoms with E-state index in [0.717, 1.165) is 11.3 Å². The highest BCUT2D eigenvalue weighted by Gasteiger charge is 2.14. The van der Waals surface area contributed by atoms with Crippen molar-refractivity contribution in [1.29, 1.82) is 5.26 Å². The SMILES string of the molecule is N#Cc1ccccc1CSCCNC(=O)c1ccccc1NC(=O)c1cccs1. The molecule has 5 nitrogen and oxygen atoms in total. The maximum absolute atomic E-state index is 12.6. The lowest BCUT2D eigenvalue weighted by atomic mass is 10.1. The van der Waals surface area contributed by atoms with Gasteiger partial charge >= 0.3 is 0 Å². The molecule has 0 fully saturated rings. The quantitative estimate of drug-likeness (QED) is 0.523. The second-order valence-corrected chi connectivity index (χ2v) is 8.11. The number of nitrogens with zero attached hydrogens (tertiary/aromatic N) is 1. The summed E-state index contributed by atoms with van der Waals surface area (Å²) in [5.41, 5.74) is 2.59. The zero-order chi connectivity index (χ0) is 20.5. The van der Waals surface area contributed by atoms with Crippen molar-refractivity contribution in [2.75, 3.05) is 17.6 Å². The maximum Gasteiger partial charge on any atom is 0.265 e. The molecule has 1 heterocycles. The van der Waals surface area contributed by atoms with Crippen molar-refractivity contribution in [1.82, 2.24) is 5.32 Å². The largest absolute Gasteiger partial charge is 0.351 e. The molecule has 29 heavy (non-hydrogen) atoms. The number of nitrogens with one attached hydrogen (secondary N) is 2. The fourth-order valence-electron chi connectivity index (χ4n) is 2.65. The van der Waals surface area contributed by atoms with Gasteiger partial charge in [-0.3, -0.25) is 9.59 Å². The van der Waals surface area contributed by atoms with Crippen LogP contribution in [0, 0.1) is 11.3 Å². The smallest absolute Gasteiger partial charge is 0.265 e. The van der Waals surface area contributed by atoms with Crippen LogP contribution in [0.3, 0.4) is 0 Å². The van der Waals surface area contributed by atoms with Crippen LogP contribution in [0.15, 0.2) is 66.0 Å². The molecule has 0 radical (unpaired) electrons. The Morgan fingerprint density at radius 1 is 1.00 bits per heavy atom. The Morgan fingerprint density at radius 3 is 2.59 bits per heavy atom. The monoisotopic (exact) mass is 421 g/mol. The summed E-state index contributed by atoms with van der Waals surface area (Å²) >= 11 is 3.00. The number of anilines is 1. The van der Waals surface area contributed by atoms with E-state index in [-0.39, 0.29) is 11.8 Å². The van der Waals surface area contributed by atoms with Gasteiger partial charge in [-0.1, -0.05) is 36.4 Å². The van der Waals surface area contributed by atoms with Crippen LogP contribution in [0.1, 0.15) is 31.2 Å². The van der Waals surface area contributed by atoms with Gasteiger partial charge in [0.15, 0.2) is 0 Å². The molecule has 0 bridgehead atoms. The summed E-state index contributed by atoms with van der Waals surface area (Å²) in [6, 6.07) is 20.2. The lowest BCUT2D eigenvalue weighted by Crippen LogP contribution is -2.27. The zero-order valence-corrected chi connectivity index (χ0v) is 17.2. The number of hydrogen-bond acceptors (Lipinski definition) is 5. The van der Waals surface area contributed by atoms with Crippen molar-refractivity contribution >= 4 is 40.6 Å². The average Bonchev–Trinajstić information content (AvgIpc) is 3.29. The van der Waals surface area contributed by atoms with E-state index in [1.807, 2.05) is 29.6 Å². The van der Waals surface area contributed by atoms with E-state index < -0.39 is 0 Å². The van der Waals surface area contributed by atoms with Crippen LogP contribution in [0.25, 0.3) is 0 Å². The average molecular weight is 422 g/mol. The zero-order valence-electron chi connectivity index (χ0n) is 15.6. The minimum absolute atomic E-state index is 0.230. The number of para-hydroxylation sites is 1. The number of amides is 2. The molecule has 2 aromatic carbocycles. The molecular weight excluding hydrogens is 402 g/mol. The number of rotatable bonds is 8. The third-order valence-corrected chi connectivity index (χ3v) is 5.97. The maximum atomic E-state index is 12.6. The van der Waals surface area contributed by atoms with Crippen LogP contribution in [0.5, 0.6) is 0 Å². The van der Waals surface area contributed by atoms with E-state index >= 15 is 0 Å². The van der Waals surface area contributed by atoms with Crippen LogP contribution in [-0.2, 0) is 5.75 Å². The van der Waals surface area contributed by atoms with Gasteiger partial charge < -0.3 is 10.6 Å². The highest BCUT2D eigenvalue weighted by molar-refractivity contribution is 7.98. The van der Waals surface area contributed by atoms with Crippen LogP contribution in [0.2, 0.25) is 0 Å². The van der Waals surface area contributed by atoms with Gasteiger partial charge in [-0.2, -0.15) is 17.0 Å². The molecule has 3 rings (SSSR count). The first-order valence-corrected chi connectivity index (χ1v) is 11.0. The molecule has 1 aromatic heterocycles. The molecule has 7 heteroatoms. The number of benzene rings is 2. The minimum Gasteiger partial charge on any atom is -0.351 e. The van der Waals surface area contributed by atoms with Crippen LogP contribution >= 0.6 is 23.1 Å². The molecule has 0 aliphatic heterocycles. The molecule has 0 spiro atoms. The van der Waals surface area contributed by atoms with E-state index in [0.29, 0.717) is 34.0 Å². The lowest BCUT2D eigenvalue weighted by molar-refractivity contribution is 0.0957. The number of carbonyl (C=O) groups excluding carboxylic acids is 2.